The summed E-state index contributed by atoms with van der Waals surface area (Å²) in [5.41, 5.74) is 8.83. The number of benzene rings is 1. The third-order valence-corrected chi connectivity index (χ3v) is 3.19. The van der Waals surface area contributed by atoms with E-state index in [1.54, 1.807) is 18.6 Å². The quantitative estimate of drug-likeness (QED) is 0.515. The number of anilines is 1. The molecule has 0 fully saturated rings. The van der Waals surface area contributed by atoms with Gasteiger partial charge in [-0.15, -0.1) is 0 Å². The number of aryl methyl sites for hydroxylation is 3. The van der Waals surface area contributed by atoms with E-state index in [0.717, 1.165) is 24.1 Å². The zero-order chi connectivity index (χ0) is 14.5. The molecule has 0 spiro atoms. The second-order valence-corrected chi connectivity index (χ2v) is 4.81. The molecule has 1 aromatic carbocycles. The Morgan fingerprint density at radius 2 is 2.15 bits per heavy atom. The van der Waals surface area contributed by atoms with Gasteiger partial charge < -0.3 is 15.0 Å². The van der Waals surface area contributed by atoms with Gasteiger partial charge in [-0.25, -0.2) is 9.78 Å². The molecule has 0 aliphatic carbocycles. The molecule has 0 aliphatic heterocycles. The number of nitrogens with zero attached hydrogens (tertiary/aromatic N) is 2. The number of imidazole rings is 1. The van der Waals surface area contributed by atoms with Crippen LogP contribution in [0, 0.1) is 13.8 Å². The van der Waals surface area contributed by atoms with Crippen LogP contribution >= 0.6 is 0 Å². The van der Waals surface area contributed by atoms with Crippen molar-refractivity contribution in [1.82, 2.24) is 9.55 Å². The van der Waals surface area contributed by atoms with Crippen LogP contribution in [0.25, 0.3) is 0 Å². The van der Waals surface area contributed by atoms with Gasteiger partial charge in [0.25, 0.3) is 0 Å². The van der Waals surface area contributed by atoms with Crippen molar-refractivity contribution in [2.45, 2.75) is 26.8 Å². The SMILES string of the molecule is Cc1cc(C)c(C(=O)OCCCn2ccnc2)cc1N. The van der Waals surface area contributed by atoms with E-state index in [2.05, 4.69) is 4.98 Å². The fraction of sp³-hybridized carbons (Fsp3) is 0.333. The molecule has 0 saturated heterocycles. The van der Waals surface area contributed by atoms with Gasteiger partial charge in [0, 0.05) is 24.6 Å². The molecular weight excluding hydrogens is 254 g/mol. The highest BCUT2D eigenvalue weighted by Gasteiger charge is 2.12. The highest BCUT2D eigenvalue weighted by Crippen LogP contribution is 2.18. The number of carbonyl (C=O) groups excluding carboxylic acids is 1. The number of hydrogen-bond acceptors (Lipinski definition) is 4. The van der Waals surface area contributed by atoms with E-state index in [0.29, 0.717) is 17.9 Å². The van der Waals surface area contributed by atoms with Gasteiger partial charge in [0.2, 0.25) is 0 Å². The van der Waals surface area contributed by atoms with Gasteiger partial charge in [0.1, 0.15) is 0 Å². The Morgan fingerprint density at radius 1 is 1.35 bits per heavy atom. The zero-order valence-electron chi connectivity index (χ0n) is 11.8. The normalized spacial score (nSPS) is 10.5. The first-order valence-electron chi connectivity index (χ1n) is 6.57. The molecule has 2 aromatic rings. The van der Waals surface area contributed by atoms with E-state index in [1.807, 2.05) is 30.7 Å². The van der Waals surface area contributed by atoms with Crippen molar-refractivity contribution < 1.29 is 9.53 Å². The van der Waals surface area contributed by atoms with Crippen molar-refractivity contribution in [2.24, 2.45) is 0 Å². The van der Waals surface area contributed by atoms with Gasteiger partial charge >= 0.3 is 5.97 Å². The Morgan fingerprint density at radius 3 is 2.85 bits per heavy atom. The smallest absolute Gasteiger partial charge is 0.338 e. The van der Waals surface area contributed by atoms with Gasteiger partial charge in [-0.2, -0.15) is 0 Å². The topological polar surface area (TPSA) is 70.1 Å². The minimum atomic E-state index is -0.320. The molecule has 5 heteroatoms. The van der Waals surface area contributed by atoms with Crippen molar-refractivity contribution in [3.8, 4) is 0 Å². The van der Waals surface area contributed by atoms with Crippen LogP contribution in [0.15, 0.2) is 30.9 Å². The predicted molar refractivity (Wildman–Crippen MR) is 77.5 cm³/mol. The third-order valence-electron chi connectivity index (χ3n) is 3.19. The number of hydrogen-bond donors (Lipinski definition) is 1. The lowest BCUT2D eigenvalue weighted by molar-refractivity contribution is 0.0495. The van der Waals surface area contributed by atoms with Crippen molar-refractivity contribution in [2.75, 3.05) is 12.3 Å². The van der Waals surface area contributed by atoms with Crippen molar-refractivity contribution in [1.29, 1.82) is 0 Å². The van der Waals surface area contributed by atoms with Gasteiger partial charge in [0.05, 0.1) is 18.5 Å². The average Bonchev–Trinajstić information content (AvgIpc) is 2.92. The van der Waals surface area contributed by atoms with Crippen LogP contribution in [-0.4, -0.2) is 22.1 Å². The summed E-state index contributed by atoms with van der Waals surface area (Å²) < 4.78 is 7.22. The van der Waals surface area contributed by atoms with Crippen LogP contribution in [-0.2, 0) is 11.3 Å². The van der Waals surface area contributed by atoms with Crippen LogP contribution < -0.4 is 5.73 Å². The molecule has 0 bridgehead atoms. The minimum absolute atomic E-state index is 0.320. The summed E-state index contributed by atoms with van der Waals surface area (Å²) >= 11 is 0. The molecule has 0 atom stereocenters. The summed E-state index contributed by atoms with van der Waals surface area (Å²) in [6.07, 6.45) is 6.10. The molecule has 2 rings (SSSR count). The summed E-state index contributed by atoms with van der Waals surface area (Å²) in [5.74, 6) is -0.320. The molecule has 106 valence electrons. The molecule has 1 heterocycles. The molecule has 20 heavy (non-hydrogen) atoms. The maximum absolute atomic E-state index is 12.0. The molecule has 0 saturated carbocycles. The van der Waals surface area contributed by atoms with Crippen LogP contribution in [0.4, 0.5) is 5.69 Å². The van der Waals surface area contributed by atoms with Crippen LogP contribution in [0.5, 0.6) is 0 Å². The molecule has 1 aromatic heterocycles. The van der Waals surface area contributed by atoms with Crippen molar-refractivity contribution in [3.63, 3.8) is 0 Å². The number of nitrogens with two attached hydrogens (primary N) is 1. The Hall–Kier alpha value is -2.30. The largest absolute Gasteiger partial charge is 0.462 e. The van der Waals surface area contributed by atoms with E-state index in [4.69, 9.17) is 10.5 Å². The monoisotopic (exact) mass is 273 g/mol. The molecule has 0 amide bonds. The van der Waals surface area contributed by atoms with Crippen LogP contribution in [0.2, 0.25) is 0 Å². The van der Waals surface area contributed by atoms with Crippen molar-refractivity contribution in [3.05, 3.63) is 47.5 Å². The number of nitrogen functional groups attached to an aromatic ring is 1. The van der Waals surface area contributed by atoms with Crippen LogP contribution in [0.3, 0.4) is 0 Å². The summed E-state index contributed by atoms with van der Waals surface area (Å²) in [7, 11) is 0. The first-order chi connectivity index (χ1) is 9.58. The molecule has 0 radical (unpaired) electrons. The predicted octanol–water partition coefficient (Wildman–Crippen LogP) is 2.33. The molecule has 2 N–H and O–H groups in total. The van der Waals surface area contributed by atoms with E-state index in [-0.39, 0.29) is 5.97 Å². The number of ether oxygens (including phenoxy) is 1. The first-order valence-corrected chi connectivity index (χ1v) is 6.57. The van der Waals surface area contributed by atoms with Crippen molar-refractivity contribution >= 4 is 11.7 Å². The van der Waals surface area contributed by atoms with Crippen LogP contribution in [0.1, 0.15) is 27.9 Å². The number of rotatable bonds is 5. The zero-order valence-corrected chi connectivity index (χ0v) is 11.8. The summed E-state index contributed by atoms with van der Waals surface area (Å²) in [5, 5.41) is 0. The highest BCUT2D eigenvalue weighted by molar-refractivity contribution is 5.92. The van der Waals surface area contributed by atoms with Gasteiger partial charge in [0.15, 0.2) is 0 Å². The Balaban J connectivity index is 1.87. The molecule has 0 unspecified atom stereocenters. The second kappa shape index (κ2) is 6.23. The minimum Gasteiger partial charge on any atom is -0.462 e. The number of carbonyl (C=O) groups is 1. The maximum Gasteiger partial charge on any atom is 0.338 e. The lowest BCUT2D eigenvalue weighted by atomic mass is 10.0. The Kier molecular flexibility index (Phi) is 4.40. The van der Waals surface area contributed by atoms with E-state index >= 15 is 0 Å². The van der Waals surface area contributed by atoms with E-state index in [9.17, 15) is 4.79 Å². The Bertz CT molecular complexity index is 591. The average molecular weight is 273 g/mol. The lowest BCUT2D eigenvalue weighted by Crippen LogP contribution is -2.10. The van der Waals surface area contributed by atoms with E-state index in [1.165, 1.54) is 0 Å². The molecular formula is C15H19N3O2. The molecule has 5 nitrogen and oxygen atoms in total. The summed E-state index contributed by atoms with van der Waals surface area (Å²) in [6, 6.07) is 3.58. The highest BCUT2D eigenvalue weighted by atomic mass is 16.5. The second-order valence-electron chi connectivity index (χ2n) is 4.81. The maximum atomic E-state index is 12.0. The summed E-state index contributed by atoms with van der Waals surface area (Å²) in [6.45, 7) is 4.96. The fourth-order valence-electron chi connectivity index (χ4n) is 2.00. The lowest BCUT2D eigenvalue weighted by Gasteiger charge is -2.10. The first kappa shape index (κ1) is 14.1. The van der Waals surface area contributed by atoms with Gasteiger partial charge in [-0.3, -0.25) is 0 Å². The van der Waals surface area contributed by atoms with Gasteiger partial charge in [-0.1, -0.05) is 6.07 Å². The fourth-order valence-corrected chi connectivity index (χ4v) is 2.00. The Labute approximate surface area is 118 Å². The van der Waals surface area contributed by atoms with Gasteiger partial charge in [-0.05, 0) is 37.5 Å². The van der Waals surface area contributed by atoms with E-state index < -0.39 is 0 Å². The third kappa shape index (κ3) is 3.38. The standard InChI is InChI=1S/C15H19N3O2/c1-11-8-12(2)14(16)9-13(11)15(19)20-7-3-5-18-6-4-17-10-18/h4,6,8-10H,3,5,7,16H2,1-2H3. The molecule has 0 aliphatic rings. The summed E-state index contributed by atoms with van der Waals surface area (Å²) in [4.78, 5) is 15.9. The number of esters is 1. The number of aromatic nitrogens is 2.